The van der Waals surface area contributed by atoms with E-state index in [1.165, 1.54) is 0 Å². The zero-order valence-corrected chi connectivity index (χ0v) is 15.2. The molecule has 0 bridgehead atoms. The van der Waals surface area contributed by atoms with E-state index >= 15 is 0 Å². The number of alkyl halides is 3. The predicted molar refractivity (Wildman–Crippen MR) is 88.9 cm³/mol. The van der Waals surface area contributed by atoms with Gasteiger partial charge in [0.2, 0.25) is 0 Å². The lowest BCUT2D eigenvalue weighted by Crippen LogP contribution is -2.50. The van der Waals surface area contributed by atoms with Gasteiger partial charge in [0.25, 0.3) is 0 Å². The number of amides is 1. The Morgan fingerprint density at radius 1 is 1.17 bits per heavy atom. The Labute approximate surface area is 147 Å². The molecular formula is C16H20BrF3N2O2. The normalized spacial score (nSPS) is 21.0. The van der Waals surface area contributed by atoms with E-state index in [-0.39, 0.29) is 12.1 Å². The number of carbonyl (C=O) groups is 1. The second-order valence-electron chi connectivity index (χ2n) is 6.88. The number of rotatable bonds is 3. The number of hydrogen-bond donors (Lipinski definition) is 2. The molecule has 1 aromatic rings. The highest BCUT2D eigenvalue weighted by molar-refractivity contribution is 9.10. The summed E-state index contributed by atoms with van der Waals surface area (Å²) in [6, 6.07) is 3.70. The highest BCUT2D eigenvalue weighted by atomic mass is 79.9. The number of anilines is 1. The minimum absolute atomic E-state index is 0.0142. The van der Waals surface area contributed by atoms with Gasteiger partial charge in [-0.05, 0) is 51.8 Å². The number of nitrogens with one attached hydrogen (secondary N) is 2. The maximum atomic E-state index is 12.8. The fourth-order valence-electron chi connectivity index (χ4n) is 2.40. The molecule has 2 N–H and O–H groups in total. The Morgan fingerprint density at radius 2 is 1.79 bits per heavy atom. The van der Waals surface area contributed by atoms with Gasteiger partial charge in [-0.3, -0.25) is 0 Å². The van der Waals surface area contributed by atoms with Gasteiger partial charge in [0, 0.05) is 22.2 Å². The maximum absolute atomic E-state index is 12.8. The monoisotopic (exact) mass is 408 g/mol. The SMILES string of the molecule is CC(C)(C)OC(=O)NC1CC(Nc2cc(Br)cc(C(F)(F)F)c2)C1. The van der Waals surface area contributed by atoms with Crippen LogP contribution in [-0.4, -0.2) is 23.8 Å². The van der Waals surface area contributed by atoms with Gasteiger partial charge < -0.3 is 15.4 Å². The Morgan fingerprint density at radius 3 is 2.33 bits per heavy atom. The number of ether oxygens (including phenoxy) is 1. The van der Waals surface area contributed by atoms with E-state index in [0.29, 0.717) is 23.0 Å². The van der Waals surface area contributed by atoms with Crippen molar-refractivity contribution in [3.8, 4) is 0 Å². The quantitative estimate of drug-likeness (QED) is 0.744. The van der Waals surface area contributed by atoms with Crippen LogP contribution in [0.2, 0.25) is 0 Å². The standard InChI is InChI=1S/C16H20BrF3N2O2/c1-15(2,3)24-14(23)22-13-7-12(8-13)21-11-5-9(16(18,19)20)4-10(17)6-11/h4-6,12-13,21H,7-8H2,1-3H3,(H,22,23). The van der Waals surface area contributed by atoms with Gasteiger partial charge in [-0.25, -0.2) is 4.79 Å². The van der Waals surface area contributed by atoms with E-state index in [0.717, 1.165) is 12.1 Å². The largest absolute Gasteiger partial charge is 0.444 e. The Balaban J connectivity index is 1.85. The first kappa shape index (κ1) is 18.9. The third-order valence-corrected chi connectivity index (χ3v) is 3.91. The highest BCUT2D eigenvalue weighted by Gasteiger charge is 2.33. The van der Waals surface area contributed by atoms with Crippen LogP contribution in [0.15, 0.2) is 22.7 Å². The second-order valence-corrected chi connectivity index (χ2v) is 7.80. The molecule has 4 nitrogen and oxygen atoms in total. The second kappa shape index (κ2) is 6.82. The van der Waals surface area contributed by atoms with Gasteiger partial charge in [-0.1, -0.05) is 15.9 Å². The number of alkyl carbamates (subject to hydrolysis) is 1. The van der Waals surface area contributed by atoms with Crippen LogP contribution in [0, 0.1) is 0 Å². The molecule has 1 aliphatic carbocycles. The zero-order chi connectivity index (χ0) is 18.1. The molecular weight excluding hydrogens is 389 g/mol. The first-order chi connectivity index (χ1) is 10.9. The van der Waals surface area contributed by atoms with Gasteiger partial charge in [-0.15, -0.1) is 0 Å². The van der Waals surface area contributed by atoms with Gasteiger partial charge >= 0.3 is 12.3 Å². The van der Waals surface area contributed by atoms with Crippen molar-refractivity contribution >= 4 is 27.7 Å². The molecule has 1 aliphatic rings. The van der Waals surface area contributed by atoms with E-state index in [2.05, 4.69) is 26.6 Å². The lowest BCUT2D eigenvalue weighted by Gasteiger charge is -2.37. The van der Waals surface area contributed by atoms with E-state index in [1.54, 1.807) is 26.8 Å². The van der Waals surface area contributed by atoms with E-state index in [9.17, 15) is 18.0 Å². The molecule has 0 aliphatic heterocycles. The molecule has 0 saturated heterocycles. The molecule has 0 atom stereocenters. The lowest BCUT2D eigenvalue weighted by atomic mass is 9.86. The Bertz CT molecular complexity index is 608. The molecule has 134 valence electrons. The summed E-state index contributed by atoms with van der Waals surface area (Å²) >= 11 is 3.09. The molecule has 8 heteroatoms. The topological polar surface area (TPSA) is 50.4 Å². The number of carbonyl (C=O) groups excluding carboxylic acids is 1. The molecule has 1 amide bonds. The van der Waals surface area contributed by atoms with Gasteiger partial charge in [0.1, 0.15) is 5.60 Å². The van der Waals surface area contributed by atoms with Crippen molar-refractivity contribution in [2.45, 2.75) is 57.5 Å². The van der Waals surface area contributed by atoms with Crippen LogP contribution in [0.4, 0.5) is 23.7 Å². The van der Waals surface area contributed by atoms with Crippen LogP contribution < -0.4 is 10.6 Å². The summed E-state index contributed by atoms with van der Waals surface area (Å²) in [5.41, 5.74) is -0.866. The summed E-state index contributed by atoms with van der Waals surface area (Å²) in [6.45, 7) is 5.34. The van der Waals surface area contributed by atoms with Crippen LogP contribution in [0.3, 0.4) is 0 Å². The van der Waals surface area contributed by atoms with E-state index in [4.69, 9.17) is 4.74 Å². The van der Waals surface area contributed by atoms with Crippen molar-refractivity contribution in [2.24, 2.45) is 0 Å². The molecule has 0 unspecified atom stereocenters. The molecule has 1 saturated carbocycles. The van der Waals surface area contributed by atoms with E-state index in [1.807, 2.05) is 0 Å². The third kappa shape index (κ3) is 5.58. The van der Waals surface area contributed by atoms with Crippen LogP contribution in [0.1, 0.15) is 39.2 Å². The van der Waals surface area contributed by atoms with Crippen molar-refractivity contribution in [1.29, 1.82) is 0 Å². The van der Waals surface area contributed by atoms with Gasteiger partial charge in [-0.2, -0.15) is 13.2 Å². The Hall–Kier alpha value is -1.44. The minimum atomic E-state index is -4.39. The van der Waals surface area contributed by atoms with Crippen LogP contribution in [0.25, 0.3) is 0 Å². The third-order valence-electron chi connectivity index (χ3n) is 3.45. The summed E-state index contributed by atoms with van der Waals surface area (Å²) in [6.07, 6.45) is -3.60. The van der Waals surface area contributed by atoms with E-state index < -0.39 is 23.4 Å². The van der Waals surface area contributed by atoms with Crippen molar-refractivity contribution in [1.82, 2.24) is 5.32 Å². The number of hydrogen-bond acceptors (Lipinski definition) is 3. The number of benzene rings is 1. The zero-order valence-electron chi connectivity index (χ0n) is 13.6. The molecule has 2 rings (SSSR count). The summed E-state index contributed by atoms with van der Waals surface area (Å²) in [5, 5.41) is 5.81. The minimum Gasteiger partial charge on any atom is -0.444 e. The van der Waals surface area contributed by atoms with Crippen molar-refractivity contribution < 1.29 is 22.7 Å². The van der Waals surface area contributed by atoms with Crippen molar-refractivity contribution in [2.75, 3.05) is 5.32 Å². The van der Waals surface area contributed by atoms with Crippen LogP contribution in [-0.2, 0) is 10.9 Å². The summed E-state index contributed by atoms with van der Waals surface area (Å²) in [4.78, 5) is 11.6. The smallest absolute Gasteiger partial charge is 0.416 e. The molecule has 0 radical (unpaired) electrons. The summed E-state index contributed by atoms with van der Waals surface area (Å²) in [5.74, 6) is 0. The summed E-state index contributed by atoms with van der Waals surface area (Å²) in [7, 11) is 0. The Kier molecular flexibility index (Phi) is 5.37. The van der Waals surface area contributed by atoms with Gasteiger partial charge in [0.15, 0.2) is 0 Å². The molecule has 24 heavy (non-hydrogen) atoms. The molecule has 0 heterocycles. The fourth-order valence-corrected chi connectivity index (χ4v) is 2.89. The maximum Gasteiger partial charge on any atom is 0.416 e. The first-order valence-corrected chi connectivity index (χ1v) is 8.35. The molecule has 0 aromatic heterocycles. The lowest BCUT2D eigenvalue weighted by molar-refractivity contribution is -0.137. The molecule has 1 aromatic carbocycles. The highest BCUT2D eigenvalue weighted by Crippen LogP contribution is 2.34. The van der Waals surface area contributed by atoms with Crippen molar-refractivity contribution in [3.05, 3.63) is 28.2 Å². The van der Waals surface area contributed by atoms with Crippen molar-refractivity contribution in [3.63, 3.8) is 0 Å². The summed E-state index contributed by atoms with van der Waals surface area (Å²) < 4.78 is 44.0. The van der Waals surface area contributed by atoms with Crippen LogP contribution >= 0.6 is 15.9 Å². The molecule has 0 spiro atoms. The van der Waals surface area contributed by atoms with Gasteiger partial charge in [0.05, 0.1) is 5.56 Å². The molecule has 1 fully saturated rings. The predicted octanol–water partition coefficient (Wildman–Crippen LogP) is 4.94. The van der Waals surface area contributed by atoms with Crippen LogP contribution in [0.5, 0.6) is 0 Å². The average Bonchev–Trinajstić information content (AvgIpc) is 2.32. The average molecular weight is 409 g/mol. The first-order valence-electron chi connectivity index (χ1n) is 7.56. The fraction of sp³-hybridized carbons (Fsp3) is 0.562. The number of halogens is 4.